The maximum atomic E-state index is 12.1. The van der Waals surface area contributed by atoms with Crippen LogP contribution in [0.5, 0.6) is 0 Å². The van der Waals surface area contributed by atoms with Gasteiger partial charge in [-0.15, -0.1) is 0 Å². The summed E-state index contributed by atoms with van der Waals surface area (Å²) < 4.78 is 26.8. The van der Waals surface area contributed by atoms with Gasteiger partial charge in [-0.25, -0.2) is 8.42 Å². The SMILES string of the molecule is CN(C)c1ccc(NS(=O)(=O)Cc2cccc(N)c2)cc1. The van der Waals surface area contributed by atoms with Gasteiger partial charge >= 0.3 is 0 Å². The summed E-state index contributed by atoms with van der Waals surface area (Å²) in [5.41, 5.74) is 8.42. The van der Waals surface area contributed by atoms with E-state index in [9.17, 15) is 8.42 Å². The van der Waals surface area contributed by atoms with Crippen molar-refractivity contribution in [2.45, 2.75) is 5.75 Å². The summed E-state index contributed by atoms with van der Waals surface area (Å²) in [6.45, 7) is 0. The molecule has 0 aliphatic carbocycles. The number of sulfonamides is 1. The van der Waals surface area contributed by atoms with Crippen LogP contribution in [0.2, 0.25) is 0 Å². The number of rotatable bonds is 5. The fraction of sp³-hybridized carbons (Fsp3) is 0.200. The van der Waals surface area contributed by atoms with E-state index in [1.807, 2.05) is 31.1 Å². The van der Waals surface area contributed by atoms with Crippen molar-refractivity contribution in [1.82, 2.24) is 0 Å². The van der Waals surface area contributed by atoms with Crippen LogP contribution in [-0.2, 0) is 15.8 Å². The molecule has 0 spiro atoms. The van der Waals surface area contributed by atoms with E-state index in [-0.39, 0.29) is 5.75 Å². The topological polar surface area (TPSA) is 75.4 Å². The fourth-order valence-corrected chi connectivity index (χ4v) is 3.13. The highest BCUT2D eigenvalue weighted by Gasteiger charge is 2.12. The van der Waals surface area contributed by atoms with Gasteiger partial charge in [0.05, 0.1) is 5.75 Å². The van der Waals surface area contributed by atoms with Crippen molar-refractivity contribution in [3.63, 3.8) is 0 Å². The summed E-state index contributed by atoms with van der Waals surface area (Å²) in [6, 6.07) is 14.1. The zero-order valence-electron chi connectivity index (χ0n) is 12.1. The summed E-state index contributed by atoms with van der Waals surface area (Å²) in [7, 11) is 0.402. The lowest BCUT2D eigenvalue weighted by Gasteiger charge is -2.13. The highest BCUT2D eigenvalue weighted by Crippen LogP contribution is 2.18. The average Bonchev–Trinajstić information content (AvgIpc) is 2.38. The van der Waals surface area contributed by atoms with Crippen molar-refractivity contribution in [2.75, 3.05) is 29.5 Å². The molecule has 21 heavy (non-hydrogen) atoms. The van der Waals surface area contributed by atoms with E-state index in [1.54, 1.807) is 36.4 Å². The molecule has 0 saturated carbocycles. The van der Waals surface area contributed by atoms with Gasteiger partial charge in [-0.3, -0.25) is 4.72 Å². The molecule has 6 heteroatoms. The van der Waals surface area contributed by atoms with Crippen LogP contribution in [0.25, 0.3) is 0 Å². The zero-order chi connectivity index (χ0) is 15.5. The van der Waals surface area contributed by atoms with E-state index in [4.69, 9.17) is 5.73 Å². The Labute approximate surface area is 125 Å². The van der Waals surface area contributed by atoms with E-state index >= 15 is 0 Å². The predicted octanol–water partition coefficient (Wildman–Crippen LogP) is 2.28. The Balaban J connectivity index is 2.10. The van der Waals surface area contributed by atoms with Crippen molar-refractivity contribution in [3.8, 4) is 0 Å². The summed E-state index contributed by atoms with van der Waals surface area (Å²) in [5.74, 6) is -0.104. The Morgan fingerprint density at radius 3 is 2.33 bits per heavy atom. The number of benzene rings is 2. The summed E-state index contributed by atoms with van der Waals surface area (Å²) in [4.78, 5) is 1.95. The molecule has 0 atom stereocenters. The molecule has 0 saturated heterocycles. The molecule has 2 aromatic carbocycles. The van der Waals surface area contributed by atoms with E-state index in [1.165, 1.54) is 0 Å². The Morgan fingerprint density at radius 2 is 1.76 bits per heavy atom. The molecular weight excluding hydrogens is 286 g/mol. The van der Waals surface area contributed by atoms with Gasteiger partial charge in [-0.2, -0.15) is 0 Å². The minimum absolute atomic E-state index is 0.104. The molecule has 0 amide bonds. The molecule has 2 rings (SSSR count). The van der Waals surface area contributed by atoms with Crippen molar-refractivity contribution in [3.05, 3.63) is 54.1 Å². The molecule has 2 aromatic rings. The lowest BCUT2D eigenvalue weighted by molar-refractivity contribution is 0.600. The van der Waals surface area contributed by atoms with E-state index < -0.39 is 10.0 Å². The molecule has 0 aromatic heterocycles. The van der Waals surface area contributed by atoms with E-state index in [2.05, 4.69) is 4.72 Å². The quantitative estimate of drug-likeness (QED) is 0.831. The van der Waals surface area contributed by atoms with E-state index in [0.717, 1.165) is 5.69 Å². The van der Waals surface area contributed by atoms with Gasteiger partial charge in [0, 0.05) is 31.2 Å². The second-order valence-electron chi connectivity index (χ2n) is 5.05. The first-order valence-electron chi connectivity index (χ1n) is 6.48. The number of hydrogen-bond donors (Lipinski definition) is 2. The third kappa shape index (κ3) is 4.39. The summed E-state index contributed by atoms with van der Waals surface area (Å²) in [6.07, 6.45) is 0. The smallest absolute Gasteiger partial charge is 0.236 e. The fourth-order valence-electron chi connectivity index (χ4n) is 1.95. The van der Waals surface area contributed by atoms with Crippen LogP contribution in [0.1, 0.15) is 5.56 Å². The van der Waals surface area contributed by atoms with Crippen LogP contribution in [0.15, 0.2) is 48.5 Å². The monoisotopic (exact) mass is 305 g/mol. The summed E-state index contributed by atoms with van der Waals surface area (Å²) >= 11 is 0. The standard InChI is InChI=1S/C15H19N3O2S/c1-18(2)15-8-6-14(7-9-15)17-21(19,20)11-12-4-3-5-13(16)10-12/h3-10,17H,11,16H2,1-2H3. The van der Waals surface area contributed by atoms with E-state index in [0.29, 0.717) is 16.9 Å². The zero-order valence-corrected chi connectivity index (χ0v) is 12.9. The number of nitrogens with one attached hydrogen (secondary N) is 1. The highest BCUT2D eigenvalue weighted by atomic mass is 32.2. The number of hydrogen-bond acceptors (Lipinski definition) is 4. The number of nitrogen functional groups attached to an aromatic ring is 1. The molecule has 0 heterocycles. The minimum atomic E-state index is -3.46. The molecule has 0 unspecified atom stereocenters. The number of anilines is 3. The third-order valence-electron chi connectivity index (χ3n) is 2.96. The lowest BCUT2D eigenvalue weighted by atomic mass is 10.2. The maximum Gasteiger partial charge on any atom is 0.236 e. The van der Waals surface area contributed by atoms with Crippen LogP contribution < -0.4 is 15.4 Å². The molecule has 3 N–H and O–H groups in total. The van der Waals surface area contributed by atoms with Crippen LogP contribution in [0, 0.1) is 0 Å². The second-order valence-corrected chi connectivity index (χ2v) is 6.77. The van der Waals surface area contributed by atoms with Gasteiger partial charge in [0.15, 0.2) is 0 Å². The van der Waals surface area contributed by atoms with Crippen LogP contribution >= 0.6 is 0 Å². The second kappa shape index (κ2) is 6.05. The molecular formula is C15H19N3O2S. The normalized spacial score (nSPS) is 11.1. The molecule has 5 nitrogen and oxygen atoms in total. The lowest BCUT2D eigenvalue weighted by Crippen LogP contribution is -2.15. The molecule has 0 fully saturated rings. The van der Waals surface area contributed by atoms with Gasteiger partial charge in [0.2, 0.25) is 10.0 Å². The Bertz CT molecular complexity index is 710. The molecule has 0 radical (unpaired) electrons. The molecule has 112 valence electrons. The van der Waals surface area contributed by atoms with Crippen LogP contribution in [0.4, 0.5) is 17.1 Å². The Hall–Kier alpha value is -2.21. The molecule has 0 bridgehead atoms. The van der Waals surface area contributed by atoms with Gasteiger partial charge in [0.1, 0.15) is 0 Å². The number of nitrogens with two attached hydrogens (primary N) is 1. The van der Waals surface area contributed by atoms with Gasteiger partial charge in [-0.05, 0) is 42.0 Å². The van der Waals surface area contributed by atoms with Crippen molar-refractivity contribution in [2.24, 2.45) is 0 Å². The average molecular weight is 305 g/mol. The van der Waals surface area contributed by atoms with Crippen molar-refractivity contribution in [1.29, 1.82) is 0 Å². The van der Waals surface area contributed by atoms with Crippen molar-refractivity contribution >= 4 is 27.1 Å². The highest BCUT2D eigenvalue weighted by molar-refractivity contribution is 7.91. The largest absolute Gasteiger partial charge is 0.399 e. The predicted molar refractivity (Wildman–Crippen MR) is 87.9 cm³/mol. The molecule has 0 aliphatic heterocycles. The number of nitrogens with zero attached hydrogens (tertiary/aromatic N) is 1. The van der Waals surface area contributed by atoms with Gasteiger partial charge in [0.25, 0.3) is 0 Å². The van der Waals surface area contributed by atoms with Crippen LogP contribution in [0.3, 0.4) is 0 Å². The first kappa shape index (κ1) is 15.2. The molecule has 0 aliphatic rings. The van der Waals surface area contributed by atoms with Crippen molar-refractivity contribution < 1.29 is 8.42 Å². The first-order valence-corrected chi connectivity index (χ1v) is 8.13. The first-order chi connectivity index (χ1) is 9.85. The Kier molecular flexibility index (Phi) is 4.37. The third-order valence-corrected chi connectivity index (χ3v) is 4.22. The van der Waals surface area contributed by atoms with Gasteiger partial charge in [-0.1, -0.05) is 12.1 Å². The minimum Gasteiger partial charge on any atom is -0.399 e. The Morgan fingerprint density at radius 1 is 1.10 bits per heavy atom. The van der Waals surface area contributed by atoms with Crippen LogP contribution in [-0.4, -0.2) is 22.5 Å². The maximum absolute atomic E-state index is 12.1. The summed E-state index contributed by atoms with van der Waals surface area (Å²) in [5, 5.41) is 0. The van der Waals surface area contributed by atoms with Gasteiger partial charge < -0.3 is 10.6 Å².